The number of hydrogen-bond acceptors (Lipinski definition) is 4. The average Bonchev–Trinajstić information content (AvgIpc) is 3.01. The normalized spacial score (nSPS) is 11.3. The molecular formula is C17H21N5. The molecule has 0 amide bonds. The molecule has 0 fully saturated rings. The van der Waals surface area contributed by atoms with Crippen molar-refractivity contribution in [3.63, 3.8) is 0 Å². The molecule has 0 aliphatic heterocycles. The topological polar surface area (TPSA) is 46.3 Å². The van der Waals surface area contributed by atoms with Crippen molar-refractivity contribution >= 4 is 11.5 Å². The number of nitrogens with zero attached hydrogens (tertiary/aromatic N) is 5. The lowest BCUT2D eigenvalue weighted by Gasteiger charge is -2.21. The minimum atomic E-state index is 0.392. The van der Waals surface area contributed by atoms with Crippen molar-refractivity contribution in [2.75, 3.05) is 18.5 Å². The molecule has 0 aliphatic carbocycles. The summed E-state index contributed by atoms with van der Waals surface area (Å²) in [4.78, 5) is 11.2. The van der Waals surface area contributed by atoms with Crippen molar-refractivity contribution < 1.29 is 0 Å². The van der Waals surface area contributed by atoms with Crippen LogP contribution in [-0.2, 0) is 6.42 Å². The predicted octanol–water partition coefficient (Wildman–Crippen LogP) is 2.93. The molecule has 0 atom stereocenters. The van der Waals surface area contributed by atoms with Gasteiger partial charge >= 0.3 is 0 Å². The molecule has 5 heteroatoms. The van der Waals surface area contributed by atoms with Crippen molar-refractivity contribution in [2.45, 2.75) is 26.2 Å². The molecule has 0 aliphatic rings. The number of fused-ring (bicyclic) bond motifs is 1. The van der Waals surface area contributed by atoms with Gasteiger partial charge in [-0.25, -0.2) is 4.98 Å². The third-order valence-corrected chi connectivity index (χ3v) is 3.77. The highest BCUT2D eigenvalue weighted by Gasteiger charge is 2.12. The van der Waals surface area contributed by atoms with Gasteiger partial charge in [0.05, 0.1) is 6.20 Å². The SMILES string of the molecule is CC(C)c1cc(N(C)CCc2ccccn2)n2nccc2n1. The maximum absolute atomic E-state index is 4.66. The van der Waals surface area contributed by atoms with Gasteiger partial charge in [-0.1, -0.05) is 19.9 Å². The molecule has 3 aromatic rings. The molecule has 22 heavy (non-hydrogen) atoms. The van der Waals surface area contributed by atoms with Crippen molar-refractivity contribution in [3.8, 4) is 0 Å². The molecule has 0 bridgehead atoms. The summed E-state index contributed by atoms with van der Waals surface area (Å²) in [5.74, 6) is 1.46. The molecule has 3 aromatic heterocycles. The van der Waals surface area contributed by atoms with Crippen molar-refractivity contribution in [1.82, 2.24) is 19.6 Å². The van der Waals surface area contributed by atoms with Crippen molar-refractivity contribution in [1.29, 1.82) is 0 Å². The Kier molecular flexibility index (Phi) is 4.04. The zero-order valence-corrected chi connectivity index (χ0v) is 13.3. The van der Waals surface area contributed by atoms with Crippen molar-refractivity contribution in [2.24, 2.45) is 0 Å². The van der Waals surface area contributed by atoms with E-state index in [0.29, 0.717) is 5.92 Å². The Labute approximate surface area is 130 Å². The summed E-state index contributed by atoms with van der Waals surface area (Å²) in [6.07, 6.45) is 4.53. The van der Waals surface area contributed by atoms with E-state index < -0.39 is 0 Å². The van der Waals surface area contributed by atoms with Crippen molar-refractivity contribution in [3.05, 3.63) is 54.1 Å². The summed E-state index contributed by atoms with van der Waals surface area (Å²) in [6.45, 7) is 5.20. The van der Waals surface area contributed by atoms with Crippen LogP contribution in [-0.4, -0.2) is 33.2 Å². The molecule has 0 saturated heterocycles. The summed E-state index contributed by atoms with van der Waals surface area (Å²) < 4.78 is 1.89. The Hall–Kier alpha value is -2.43. The Morgan fingerprint density at radius 2 is 2.05 bits per heavy atom. The van der Waals surface area contributed by atoms with Gasteiger partial charge in [0.1, 0.15) is 5.82 Å². The Bertz CT molecular complexity index is 748. The molecule has 0 spiro atoms. The number of likely N-dealkylation sites (N-methyl/N-ethyl adjacent to an activating group) is 1. The first-order valence-corrected chi connectivity index (χ1v) is 7.61. The van der Waals surface area contributed by atoms with E-state index in [2.05, 4.69) is 53.0 Å². The number of pyridine rings is 1. The van der Waals surface area contributed by atoms with E-state index >= 15 is 0 Å². The smallest absolute Gasteiger partial charge is 0.157 e. The second kappa shape index (κ2) is 6.13. The number of hydrogen-bond donors (Lipinski definition) is 0. The van der Waals surface area contributed by atoms with Gasteiger partial charge in [0.25, 0.3) is 0 Å². The van der Waals surface area contributed by atoms with Crippen LogP contribution in [0.25, 0.3) is 5.65 Å². The van der Waals surface area contributed by atoms with Gasteiger partial charge in [-0.2, -0.15) is 9.61 Å². The summed E-state index contributed by atoms with van der Waals surface area (Å²) in [7, 11) is 2.09. The number of aromatic nitrogens is 4. The van der Waals surface area contributed by atoms with Gasteiger partial charge in [0.2, 0.25) is 0 Å². The van der Waals surface area contributed by atoms with Crippen LogP contribution in [0.4, 0.5) is 5.82 Å². The standard InChI is InChI=1S/C17H21N5/c1-13(2)15-12-17(22-16(20-15)7-10-19-22)21(3)11-8-14-6-4-5-9-18-14/h4-7,9-10,12-13H,8,11H2,1-3H3. The first-order chi connectivity index (χ1) is 10.6. The summed E-state index contributed by atoms with van der Waals surface area (Å²) in [5.41, 5.74) is 3.09. The second-order valence-electron chi connectivity index (χ2n) is 5.79. The van der Waals surface area contributed by atoms with Gasteiger partial charge in [-0.3, -0.25) is 4.98 Å². The first-order valence-electron chi connectivity index (χ1n) is 7.61. The fraction of sp³-hybridized carbons (Fsp3) is 0.353. The molecule has 114 valence electrons. The molecule has 0 unspecified atom stereocenters. The van der Waals surface area contributed by atoms with Crippen LogP contribution in [0.1, 0.15) is 31.2 Å². The maximum Gasteiger partial charge on any atom is 0.157 e. The lowest BCUT2D eigenvalue weighted by Crippen LogP contribution is -2.24. The fourth-order valence-corrected chi connectivity index (χ4v) is 2.43. The van der Waals surface area contributed by atoms with Crippen LogP contribution in [0.5, 0.6) is 0 Å². The largest absolute Gasteiger partial charge is 0.359 e. The van der Waals surface area contributed by atoms with Crippen LogP contribution in [0.3, 0.4) is 0 Å². The van der Waals surface area contributed by atoms with Gasteiger partial charge in [0, 0.05) is 49.7 Å². The van der Waals surface area contributed by atoms with Crippen LogP contribution >= 0.6 is 0 Å². The highest BCUT2D eigenvalue weighted by atomic mass is 15.3. The molecule has 0 radical (unpaired) electrons. The van der Waals surface area contributed by atoms with Gasteiger partial charge in [-0.05, 0) is 18.1 Å². The van der Waals surface area contributed by atoms with E-state index in [9.17, 15) is 0 Å². The molecule has 5 nitrogen and oxygen atoms in total. The summed E-state index contributed by atoms with van der Waals surface area (Å²) >= 11 is 0. The third kappa shape index (κ3) is 2.93. The zero-order chi connectivity index (χ0) is 15.5. The minimum Gasteiger partial charge on any atom is -0.359 e. The highest BCUT2D eigenvalue weighted by Crippen LogP contribution is 2.21. The summed E-state index contributed by atoms with van der Waals surface area (Å²) in [6, 6.07) is 10.1. The average molecular weight is 295 g/mol. The van der Waals surface area contributed by atoms with Crippen LogP contribution < -0.4 is 4.90 Å². The monoisotopic (exact) mass is 295 g/mol. The highest BCUT2D eigenvalue weighted by molar-refractivity contribution is 5.51. The molecule has 0 saturated carbocycles. The minimum absolute atomic E-state index is 0.392. The molecular weight excluding hydrogens is 274 g/mol. The number of anilines is 1. The third-order valence-electron chi connectivity index (χ3n) is 3.77. The van der Waals surface area contributed by atoms with E-state index in [1.807, 2.05) is 28.9 Å². The molecule has 0 aromatic carbocycles. The van der Waals surface area contributed by atoms with E-state index in [1.165, 1.54) is 0 Å². The van der Waals surface area contributed by atoms with Gasteiger partial charge in [0.15, 0.2) is 5.65 Å². The quantitative estimate of drug-likeness (QED) is 0.726. The maximum atomic E-state index is 4.66. The predicted molar refractivity (Wildman–Crippen MR) is 88.3 cm³/mol. The Morgan fingerprint density at radius 1 is 1.18 bits per heavy atom. The zero-order valence-electron chi connectivity index (χ0n) is 13.3. The van der Waals surface area contributed by atoms with Gasteiger partial charge < -0.3 is 4.90 Å². The van der Waals surface area contributed by atoms with E-state index in [-0.39, 0.29) is 0 Å². The lowest BCUT2D eigenvalue weighted by atomic mass is 10.1. The van der Waals surface area contributed by atoms with E-state index in [0.717, 1.165) is 35.8 Å². The second-order valence-corrected chi connectivity index (χ2v) is 5.79. The molecule has 3 rings (SSSR count). The van der Waals surface area contributed by atoms with E-state index in [1.54, 1.807) is 6.20 Å². The van der Waals surface area contributed by atoms with Crippen LogP contribution in [0, 0.1) is 0 Å². The summed E-state index contributed by atoms with van der Waals surface area (Å²) in [5, 5.41) is 4.39. The van der Waals surface area contributed by atoms with Crippen LogP contribution in [0.15, 0.2) is 42.7 Å². The Balaban J connectivity index is 1.86. The fourth-order valence-electron chi connectivity index (χ4n) is 2.43. The lowest BCUT2D eigenvalue weighted by molar-refractivity contribution is 0.775. The first kappa shape index (κ1) is 14.5. The van der Waals surface area contributed by atoms with Gasteiger partial charge in [-0.15, -0.1) is 0 Å². The molecule has 0 N–H and O–H groups in total. The molecule has 3 heterocycles. The van der Waals surface area contributed by atoms with Crippen LogP contribution in [0.2, 0.25) is 0 Å². The number of rotatable bonds is 5. The Morgan fingerprint density at radius 3 is 2.77 bits per heavy atom. The van der Waals surface area contributed by atoms with E-state index in [4.69, 9.17) is 0 Å².